The number of hydrogen-bond donors (Lipinski definition) is 0. The Balaban J connectivity index is 1.30. The van der Waals surface area contributed by atoms with Crippen molar-refractivity contribution in [3.05, 3.63) is 58.1 Å². The molecule has 4 aliphatic rings. The maximum atomic E-state index is 13.5. The molecule has 0 spiro atoms. The number of hydrogen-bond acceptors (Lipinski definition) is 6. The Hall–Kier alpha value is -2.90. The number of amides is 2. The molecule has 2 aliphatic heterocycles. The van der Waals surface area contributed by atoms with Crippen LogP contribution in [0.4, 0.5) is 5.69 Å². The number of benzene rings is 2. The van der Waals surface area contributed by atoms with E-state index in [-0.39, 0.29) is 35.7 Å². The minimum absolute atomic E-state index is 0.0558. The summed E-state index contributed by atoms with van der Waals surface area (Å²) in [4.78, 5) is 45.1. The minimum Gasteiger partial charge on any atom is -0.427 e. The van der Waals surface area contributed by atoms with Crippen LogP contribution in [0.5, 0.6) is 5.75 Å². The van der Waals surface area contributed by atoms with Gasteiger partial charge in [-0.3, -0.25) is 19.3 Å². The van der Waals surface area contributed by atoms with Crippen LogP contribution < -0.4 is 9.64 Å². The van der Waals surface area contributed by atoms with Crippen molar-refractivity contribution >= 4 is 52.4 Å². The highest BCUT2D eigenvalue weighted by Crippen LogP contribution is 2.62. The molecule has 0 aromatic heterocycles. The molecule has 0 radical (unpaired) electrons. The summed E-state index contributed by atoms with van der Waals surface area (Å²) in [5, 5.41) is 5.33. The van der Waals surface area contributed by atoms with Crippen LogP contribution in [0.3, 0.4) is 0 Å². The van der Waals surface area contributed by atoms with Gasteiger partial charge in [-0.2, -0.15) is 0 Å². The van der Waals surface area contributed by atoms with E-state index in [2.05, 4.69) is 5.16 Å². The van der Waals surface area contributed by atoms with Crippen molar-refractivity contribution < 1.29 is 24.0 Å². The first-order chi connectivity index (χ1) is 15.8. The monoisotopic (exact) mass is 484 g/mol. The lowest BCUT2D eigenvalue weighted by Crippen LogP contribution is -2.41. The van der Waals surface area contributed by atoms with E-state index in [0.29, 0.717) is 21.5 Å². The number of rotatable bonds is 3. The van der Waals surface area contributed by atoms with Gasteiger partial charge in [-0.1, -0.05) is 34.4 Å². The third-order valence-corrected chi connectivity index (χ3v) is 7.80. The molecule has 2 heterocycles. The molecule has 2 saturated carbocycles. The molecule has 33 heavy (non-hydrogen) atoms. The Bertz CT molecular complexity index is 1240. The summed E-state index contributed by atoms with van der Waals surface area (Å²) in [5.74, 6) is -1.58. The molecule has 2 aromatic carbocycles. The summed E-state index contributed by atoms with van der Waals surface area (Å²) in [6, 6.07) is 11.6. The third kappa shape index (κ3) is 2.95. The Morgan fingerprint density at radius 1 is 1.03 bits per heavy atom. The fraction of sp³-hybridized carbons (Fsp3) is 0.333. The first-order valence-electron chi connectivity index (χ1n) is 10.7. The van der Waals surface area contributed by atoms with Gasteiger partial charge in [0.05, 0.1) is 28.3 Å². The van der Waals surface area contributed by atoms with Crippen molar-refractivity contribution in [2.45, 2.75) is 19.4 Å². The molecule has 168 valence electrons. The van der Waals surface area contributed by atoms with Gasteiger partial charge in [0.1, 0.15) is 11.9 Å². The SMILES string of the molecule is CC(=O)Oc1ccc(N2C(=O)[C@@H]3[C@@H]4C[C@H]([C@H]5ON=C(c6ccc(Cl)cc6Cl)[C@H]45)[C@@H]3C2=O)cc1. The number of anilines is 1. The molecule has 6 rings (SSSR count). The predicted molar refractivity (Wildman–Crippen MR) is 120 cm³/mol. The summed E-state index contributed by atoms with van der Waals surface area (Å²) in [6.07, 6.45) is 0.493. The van der Waals surface area contributed by atoms with Crippen LogP contribution in [0.1, 0.15) is 18.9 Å². The average molecular weight is 485 g/mol. The van der Waals surface area contributed by atoms with Crippen LogP contribution >= 0.6 is 23.2 Å². The zero-order valence-corrected chi connectivity index (χ0v) is 18.9. The summed E-state index contributed by atoms with van der Waals surface area (Å²) in [7, 11) is 0. The van der Waals surface area contributed by atoms with Crippen molar-refractivity contribution in [3.63, 3.8) is 0 Å². The summed E-state index contributed by atoms with van der Waals surface area (Å²) in [6.45, 7) is 1.31. The summed E-state index contributed by atoms with van der Waals surface area (Å²) in [5.41, 5.74) is 1.93. The molecule has 9 heteroatoms. The van der Waals surface area contributed by atoms with Crippen molar-refractivity contribution in [1.82, 2.24) is 0 Å². The topological polar surface area (TPSA) is 85.3 Å². The van der Waals surface area contributed by atoms with Gasteiger partial charge in [0.15, 0.2) is 0 Å². The molecule has 1 saturated heterocycles. The number of nitrogens with zero attached hydrogens (tertiary/aromatic N) is 2. The molecule has 2 amide bonds. The van der Waals surface area contributed by atoms with Crippen molar-refractivity contribution in [2.24, 2.45) is 34.7 Å². The second-order valence-corrected chi connectivity index (χ2v) is 9.75. The molecular formula is C24H18Cl2N2O5. The number of carbonyl (C=O) groups excluding carboxylic acids is 3. The lowest BCUT2D eigenvalue weighted by atomic mass is 9.71. The molecule has 2 aromatic rings. The molecule has 2 aliphatic carbocycles. The molecule has 0 unspecified atom stereocenters. The predicted octanol–water partition coefficient (Wildman–Crippen LogP) is 4.09. The summed E-state index contributed by atoms with van der Waals surface area (Å²) >= 11 is 12.5. The molecule has 2 bridgehead atoms. The third-order valence-electron chi connectivity index (χ3n) is 7.25. The standard InChI is InChI=1S/C24H18Cl2N2O5/c1-10(29)32-13-5-3-12(4-6-13)28-23(30)18-15-9-16(19(18)24(28)31)22-20(15)21(27-33-22)14-7-2-11(25)8-17(14)26/h2-8,15-16,18-20,22H,9H2,1H3/t15-,16-,18+,19-,20-,22+/m0/s1. The Morgan fingerprint density at radius 2 is 1.73 bits per heavy atom. The van der Waals surface area contributed by atoms with Crippen LogP contribution in [0.15, 0.2) is 47.6 Å². The van der Waals surface area contributed by atoms with Crippen molar-refractivity contribution in [2.75, 3.05) is 4.90 Å². The second-order valence-electron chi connectivity index (χ2n) is 8.91. The zero-order chi connectivity index (χ0) is 23.0. The Morgan fingerprint density at radius 3 is 2.39 bits per heavy atom. The first-order valence-corrected chi connectivity index (χ1v) is 11.5. The number of fused-ring (bicyclic) bond motifs is 8. The second kappa shape index (κ2) is 7.30. The van der Waals surface area contributed by atoms with E-state index < -0.39 is 17.8 Å². The Labute approximate surface area is 199 Å². The maximum Gasteiger partial charge on any atom is 0.308 e. The fourth-order valence-corrected chi connectivity index (χ4v) is 6.63. The van der Waals surface area contributed by atoms with E-state index in [1.54, 1.807) is 36.4 Å². The van der Waals surface area contributed by atoms with Gasteiger partial charge < -0.3 is 9.57 Å². The minimum atomic E-state index is -0.438. The number of esters is 1. The van der Waals surface area contributed by atoms with Crippen LogP contribution in [0, 0.1) is 29.6 Å². The largest absolute Gasteiger partial charge is 0.427 e. The van der Waals surface area contributed by atoms with Gasteiger partial charge in [0.25, 0.3) is 0 Å². The highest BCUT2D eigenvalue weighted by molar-refractivity contribution is 6.37. The van der Waals surface area contributed by atoms with Gasteiger partial charge in [-0.05, 0) is 48.7 Å². The smallest absolute Gasteiger partial charge is 0.308 e. The Kier molecular flexibility index (Phi) is 4.58. The van der Waals surface area contributed by atoms with E-state index in [1.165, 1.54) is 11.8 Å². The quantitative estimate of drug-likeness (QED) is 0.372. The normalized spacial score (nSPS) is 31.4. The lowest BCUT2D eigenvalue weighted by molar-refractivity contribution is -0.132. The van der Waals surface area contributed by atoms with E-state index in [9.17, 15) is 14.4 Å². The number of imide groups is 1. The molecule has 0 N–H and O–H groups in total. The highest BCUT2D eigenvalue weighted by Gasteiger charge is 2.70. The van der Waals surface area contributed by atoms with Gasteiger partial charge >= 0.3 is 5.97 Å². The number of ether oxygens (including phenoxy) is 1. The molecule has 7 nitrogen and oxygen atoms in total. The number of oxime groups is 1. The van der Waals surface area contributed by atoms with Gasteiger partial charge in [0, 0.05) is 29.3 Å². The van der Waals surface area contributed by atoms with E-state index in [4.69, 9.17) is 32.8 Å². The molecule has 6 atom stereocenters. The number of carbonyl (C=O) groups is 3. The van der Waals surface area contributed by atoms with Crippen LogP contribution in [-0.4, -0.2) is 29.6 Å². The average Bonchev–Trinajstić information content (AvgIpc) is 3.49. The van der Waals surface area contributed by atoms with E-state index in [0.717, 1.165) is 17.7 Å². The van der Waals surface area contributed by atoms with Gasteiger partial charge in [0.2, 0.25) is 11.8 Å². The molecular weight excluding hydrogens is 467 g/mol. The highest BCUT2D eigenvalue weighted by atomic mass is 35.5. The van der Waals surface area contributed by atoms with Gasteiger partial charge in [-0.25, -0.2) is 0 Å². The number of halogens is 2. The van der Waals surface area contributed by atoms with E-state index in [1.807, 2.05) is 6.07 Å². The van der Waals surface area contributed by atoms with Gasteiger partial charge in [-0.15, -0.1) is 0 Å². The van der Waals surface area contributed by atoms with Crippen LogP contribution in [0.25, 0.3) is 0 Å². The van der Waals surface area contributed by atoms with Crippen molar-refractivity contribution in [1.29, 1.82) is 0 Å². The zero-order valence-electron chi connectivity index (χ0n) is 17.4. The van der Waals surface area contributed by atoms with Crippen molar-refractivity contribution in [3.8, 4) is 5.75 Å². The summed E-state index contributed by atoms with van der Waals surface area (Å²) < 4.78 is 5.05. The van der Waals surface area contributed by atoms with E-state index >= 15 is 0 Å². The molecule has 3 fully saturated rings. The van der Waals surface area contributed by atoms with Crippen LogP contribution in [0.2, 0.25) is 10.0 Å². The van der Waals surface area contributed by atoms with Crippen LogP contribution in [-0.2, 0) is 19.2 Å². The lowest BCUT2D eigenvalue weighted by Gasteiger charge is -2.30. The first kappa shape index (κ1) is 20.7. The maximum absolute atomic E-state index is 13.5. The fourth-order valence-electron chi connectivity index (χ4n) is 6.13.